The molecule has 1 aromatic carbocycles. The van der Waals surface area contributed by atoms with Crippen molar-refractivity contribution in [3.8, 4) is 0 Å². The van der Waals surface area contributed by atoms with Gasteiger partial charge in [-0.25, -0.2) is 13.8 Å². The van der Waals surface area contributed by atoms with E-state index in [2.05, 4.69) is 15.3 Å². The molecule has 2 N–H and O–H groups in total. The van der Waals surface area contributed by atoms with E-state index in [0.717, 1.165) is 6.07 Å². The van der Waals surface area contributed by atoms with Crippen molar-refractivity contribution in [3.63, 3.8) is 0 Å². The molecule has 2 heterocycles. The Balaban J connectivity index is 1.96. The van der Waals surface area contributed by atoms with E-state index in [9.17, 15) is 13.6 Å². The summed E-state index contributed by atoms with van der Waals surface area (Å²) < 4.78 is 26.3. The first-order valence-electron chi connectivity index (χ1n) is 5.89. The number of hydrogen-bond acceptors (Lipinski definition) is 3. The third kappa shape index (κ3) is 2.26. The maximum atomic E-state index is 13.5. The molecule has 0 amide bonds. The smallest absolute Gasteiger partial charge is 0.255 e. The lowest BCUT2D eigenvalue weighted by molar-refractivity contribution is 0.573. The van der Waals surface area contributed by atoms with E-state index in [1.807, 2.05) is 0 Å². The standard InChI is InChI=1S/C13H11F2N3O/c14-8-2-1-7(10(15)4-8)3-12-17-11-6-16-5-9(11)13(19)18-12/h1-2,4,16H,3,5-6H2,(H,17,18,19). The summed E-state index contributed by atoms with van der Waals surface area (Å²) in [4.78, 5) is 18.7. The zero-order chi connectivity index (χ0) is 13.4. The van der Waals surface area contributed by atoms with Crippen LogP contribution in [0.25, 0.3) is 0 Å². The van der Waals surface area contributed by atoms with Crippen molar-refractivity contribution in [1.29, 1.82) is 0 Å². The van der Waals surface area contributed by atoms with E-state index >= 15 is 0 Å². The number of halogens is 2. The largest absolute Gasteiger partial charge is 0.310 e. The average molecular weight is 263 g/mol. The molecular formula is C13H11F2N3O. The Morgan fingerprint density at radius 2 is 2.11 bits per heavy atom. The van der Waals surface area contributed by atoms with Crippen molar-refractivity contribution in [2.45, 2.75) is 19.5 Å². The van der Waals surface area contributed by atoms with Crippen molar-refractivity contribution in [2.75, 3.05) is 0 Å². The number of aromatic nitrogens is 2. The lowest BCUT2D eigenvalue weighted by Gasteiger charge is -2.05. The van der Waals surface area contributed by atoms with Crippen LogP contribution in [0.15, 0.2) is 23.0 Å². The normalized spacial score (nSPS) is 13.6. The van der Waals surface area contributed by atoms with E-state index in [0.29, 0.717) is 35.7 Å². The van der Waals surface area contributed by atoms with Crippen LogP contribution in [0.5, 0.6) is 0 Å². The predicted molar refractivity (Wildman–Crippen MR) is 64.6 cm³/mol. The minimum atomic E-state index is -0.638. The Hall–Kier alpha value is -2.08. The summed E-state index contributed by atoms with van der Waals surface area (Å²) in [6.07, 6.45) is 0.134. The molecule has 19 heavy (non-hydrogen) atoms. The van der Waals surface area contributed by atoms with Crippen LogP contribution in [0.4, 0.5) is 8.78 Å². The minimum absolute atomic E-state index is 0.134. The van der Waals surface area contributed by atoms with Gasteiger partial charge in [-0.05, 0) is 11.6 Å². The second kappa shape index (κ2) is 4.55. The van der Waals surface area contributed by atoms with Gasteiger partial charge < -0.3 is 10.3 Å². The first-order valence-corrected chi connectivity index (χ1v) is 5.89. The highest BCUT2D eigenvalue weighted by Gasteiger charge is 2.17. The van der Waals surface area contributed by atoms with Gasteiger partial charge in [0.05, 0.1) is 11.3 Å². The van der Waals surface area contributed by atoms with Gasteiger partial charge in [-0.1, -0.05) is 6.07 Å². The molecule has 98 valence electrons. The van der Waals surface area contributed by atoms with E-state index in [4.69, 9.17) is 0 Å². The van der Waals surface area contributed by atoms with Gasteiger partial charge in [0.2, 0.25) is 0 Å². The zero-order valence-corrected chi connectivity index (χ0v) is 9.96. The Labute approximate surface area is 107 Å². The zero-order valence-electron chi connectivity index (χ0n) is 9.96. The number of fused-ring (bicyclic) bond motifs is 1. The quantitative estimate of drug-likeness (QED) is 0.857. The minimum Gasteiger partial charge on any atom is -0.310 e. The molecule has 3 rings (SSSR count). The SMILES string of the molecule is O=c1[nH]c(Cc2ccc(F)cc2F)nc2c1CNC2. The van der Waals surface area contributed by atoms with Crippen LogP contribution >= 0.6 is 0 Å². The lowest BCUT2D eigenvalue weighted by Crippen LogP contribution is -2.17. The molecule has 0 saturated heterocycles. The highest BCUT2D eigenvalue weighted by Crippen LogP contribution is 2.14. The highest BCUT2D eigenvalue weighted by atomic mass is 19.1. The molecule has 1 aliphatic heterocycles. The molecule has 0 bridgehead atoms. The fourth-order valence-electron chi connectivity index (χ4n) is 2.16. The second-order valence-corrected chi connectivity index (χ2v) is 4.45. The van der Waals surface area contributed by atoms with Crippen LogP contribution in [-0.4, -0.2) is 9.97 Å². The van der Waals surface area contributed by atoms with Crippen LogP contribution < -0.4 is 10.9 Å². The van der Waals surface area contributed by atoms with Crippen molar-refractivity contribution >= 4 is 0 Å². The van der Waals surface area contributed by atoms with Crippen LogP contribution in [0.1, 0.15) is 22.6 Å². The average Bonchev–Trinajstić information content (AvgIpc) is 2.81. The Kier molecular flexibility index (Phi) is 2.87. The van der Waals surface area contributed by atoms with Gasteiger partial charge >= 0.3 is 0 Å². The molecule has 0 unspecified atom stereocenters. The van der Waals surface area contributed by atoms with E-state index < -0.39 is 11.6 Å². The van der Waals surface area contributed by atoms with Crippen molar-refractivity contribution < 1.29 is 8.78 Å². The van der Waals surface area contributed by atoms with E-state index in [1.54, 1.807) is 0 Å². The van der Waals surface area contributed by atoms with Gasteiger partial charge in [0, 0.05) is 25.6 Å². The lowest BCUT2D eigenvalue weighted by atomic mass is 10.1. The van der Waals surface area contributed by atoms with E-state index in [-0.39, 0.29) is 12.0 Å². The number of hydrogen-bond donors (Lipinski definition) is 2. The summed E-state index contributed by atoms with van der Waals surface area (Å²) >= 11 is 0. The first-order chi connectivity index (χ1) is 9.13. The fraction of sp³-hybridized carbons (Fsp3) is 0.231. The molecule has 2 aromatic rings. The predicted octanol–water partition coefficient (Wildman–Crippen LogP) is 1.24. The number of benzene rings is 1. The van der Waals surface area contributed by atoms with Gasteiger partial charge in [-0.15, -0.1) is 0 Å². The monoisotopic (exact) mass is 263 g/mol. The molecule has 1 aromatic heterocycles. The highest BCUT2D eigenvalue weighted by molar-refractivity contribution is 5.25. The molecule has 0 atom stereocenters. The molecule has 0 aliphatic carbocycles. The summed E-state index contributed by atoms with van der Waals surface area (Å²) in [6.45, 7) is 1.04. The Bertz CT molecular complexity index is 697. The second-order valence-electron chi connectivity index (χ2n) is 4.45. The third-order valence-corrected chi connectivity index (χ3v) is 3.12. The maximum Gasteiger partial charge on any atom is 0.255 e. The molecule has 0 spiro atoms. The van der Waals surface area contributed by atoms with Gasteiger partial charge in [-0.2, -0.15) is 0 Å². The molecule has 0 fully saturated rings. The molecular weight excluding hydrogens is 252 g/mol. The number of aromatic amines is 1. The van der Waals surface area contributed by atoms with E-state index in [1.165, 1.54) is 12.1 Å². The summed E-state index contributed by atoms with van der Waals surface area (Å²) in [5.41, 5.74) is 1.42. The number of H-pyrrole nitrogens is 1. The molecule has 0 saturated carbocycles. The maximum absolute atomic E-state index is 13.5. The summed E-state index contributed by atoms with van der Waals surface area (Å²) in [7, 11) is 0. The topological polar surface area (TPSA) is 57.8 Å². The fourth-order valence-corrected chi connectivity index (χ4v) is 2.16. The first kappa shape index (κ1) is 12.0. The third-order valence-electron chi connectivity index (χ3n) is 3.12. The number of nitrogens with one attached hydrogen (secondary N) is 2. The van der Waals surface area contributed by atoms with Gasteiger partial charge in [-0.3, -0.25) is 4.79 Å². The van der Waals surface area contributed by atoms with Crippen LogP contribution in [0, 0.1) is 11.6 Å². The van der Waals surface area contributed by atoms with Crippen molar-refractivity contribution in [3.05, 3.63) is 62.8 Å². The summed E-state index contributed by atoms with van der Waals surface area (Å²) in [5.74, 6) is -0.875. The molecule has 6 heteroatoms. The summed E-state index contributed by atoms with van der Waals surface area (Å²) in [6, 6.07) is 3.37. The summed E-state index contributed by atoms with van der Waals surface area (Å²) in [5, 5.41) is 3.03. The molecule has 4 nitrogen and oxygen atoms in total. The van der Waals surface area contributed by atoms with Gasteiger partial charge in [0.25, 0.3) is 5.56 Å². The van der Waals surface area contributed by atoms with Crippen molar-refractivity contribution in [1.82, 2.24) is 15.3 Å². The van der Waals surface area contributed by atoms with Crippen LogP contribution in [0.3, 0.4) is 0 Å². The van der Waals surface area contributed by atoms with Crippen LogP contribution in [0.2, 0.25) is 0 Å². The van der Waals surface area contributed by atoms with Crippen molar-refractivity contribution in [2.24, 2.45) is 0 Å². The van der Waals surface area contributed by atoms with Crippen LogP contribution in [-0.2, 0) is 19.5 Å². The Morgan fingerprint density at radius 1 is 1.26 bits per heavy atom. The Morgan fingerprint density at radius 3 is 2.89 bits per heavy atom. The number of rotatable bonds is 2. The van der Waals surface area contributed by atoms with Gasteiger partial charge in [0.15, 0.2) is 0 Å². The van der Waals surface area contributed by atoms with Gasteiger partial charge in [0.1, 0.15) is 17.5 Å². The number of nitrogens with zero attached hydrogens (tertiary/aromatic N) is 1. The molecule has 1 aliphatic rings. The molecule has 0 radical (unpaired) electrons.